The van der Waals surface area contributed by atoms with Gasteiger partial charge in [-0.1, -0.05) is 12.1 Å². The topological polar surface area (TPSA) is 87.3 Å². The third kappa shape index (κ3) is 4.40. The van der Waals surface area contributed by atoms with E-state index in [1.54, 1.807) is 13.0 Å². The molecule has 7 nitrogen and oxygen atoms in total. The van der Waals surface area contributed by atoms with Gasteiger partial charge in [0.05, 0.1) is 12.2 Å². The summed E-state index contributed by atoms with van der Waals surface area (Å²) in [5.41, 5.74) is -0.658. The van der Waals surface area contributed by atoms with Crippen molar-refractivity contribution in [1.29, 1.82) is 0 Å². The Morgan fingerprint density at radius 1 is 1.15 bits per heavy atom. The van der Waals surface area contributed by atoms with E-state index in [2.05, 4.69) is 15.2 Å². The number of ether oxygens (including phenoxy) is 2. The molecule has 0 aliphatic rings. The maximum Gasteiger partial charge on any atom is 0.416 e. The number of carbonyl (C=O) groups is 1. The maximum atomic E-state index is 12.8. The van der Waals surface area contributed by atoms with Crippen LogP contribution in [0, 0.1) is 0 Å². The molecule has 0 aliphatic carbocycles. The summed E-state index contributed by atoms with van der Waals surface area (Å²) in [6, 6.07) is 8.90. The Morgan fingerprint density at radius 3 is 2.67 bits per heavy atom. The highest BCUT2D eigenvalue weighted by atomic mass is 19.4. The van der Waals surface area contributed by atoms with Crippen LogP contribution in [0.25, 0.3) is 11.6 Å². The van der Waals surface area contributed by atoms with E-state index in [4.69, 9.17) is 13.9 Å². The summed E-state index contributed by atoms with van der Waals surface area (Å²) in [4.78, 5) is 15.7. The van der Waals surface area contributed by atoms with Gasteiger partial charge in [0.2, 0.25) is 5.88 Å². The zero-order valence-corrected chi connectivity index (χ0v) is 13.9. The quantitative estimate of drug-likeness (QED) is 0.616. The van der Waals surface area contributed by atoms with Crippen molar-refractivity contribution in [2.24, 2.45) is 0 Å². The van der Waals surface area contributed by atoms with Gasteiger partial charge in [0, 0.05) is 6.07 Å². The minimum absolute atomic E-state index is 0.0164. The largest absolute Gasteiger partial charge is 0.459 e. The number of benzene rings is 1. The summed E-state index contributed by atoms with van der Waals surface area (Å²) in [5, 5.41) is 7.27. The number of aromatic nitrogens is 3. The van der Waals surface area contributed by atoms with Crippen LogP contribution in [0.15, 0.2) is 46.9 Å². The summed E-state index contributed by atoms with van der Waals surface area (Å²) in [6.45, 7) is 1.78. The molecule has 0 radical (unpaired) electrons. The standard InChI is InChI=1S/C17H12F3N3O4/c1-2-25-16(24)15-23-22-14(27-15)12-7-4-8-13(21-12)26-11-6-3-5-10(9-11)17(18,19)20/h3-9H,2H2,1H3. The molecule has 0 atom stereocenters. The van der Waals surface area contributed by atoms with Crippen LogP contribution < -0.4 is 4.74 Å². The van der Waals surface area contributed by atoms with E-state index in [1.807, 2.05) is 0 Å². The second-order valence-electron chi connectivity index (χ2n) is 5.12. The number of esters is 1. The Kier molecular flexibility index (Phi) is 5.06. The predicted octanol–water partition coefficient (Wildman–Crippen LogP) is 4.12. The monoisotopic (exact) mass is 379 g/mol. The summed E-state index contributed by atoms with van der Waals surface area (Å²) in [5.74, 6) is -1.19. The molecule has 0 saturated heterocycles. The number of hydrogen-bond donors (Lipinski definition) is 0. The second kappa shape index (κ2) is 7.44. The SMILES string of the molecule is CCOC(=O)c1nnc(-c2cccc(Oc3cccc(C(F)(F)F)c3)n2)o1. The van der Waals surface area contributed by atoms with E-state index in [0.717, 1.165) is 12.1 Å². The Bertz CT molecular complexity index is 956. The fourth-order valence-electron chi connectivity index (χ4n) is 2.05. The highest BCUT2D eigenvalue weighted by molar-refractivity contribution is 5.84. The predicted molar refractivity (Wildman–Crippen MR) is 85.0 cm³/mol. The van der Waals surface area contributed by atoms with Crippen LogP contribution in [0.3, 0.4) is 0 Å². The third-order valence-corrected chi connectivity index (χ3v) is 3.20. The van der Waals surface area contributed by atoms with E-state index in [9.17, 15) is 18.0 Å². The van der Waals surface area contributed by atoms with Gasteiger partial charge in [0.15, 0.2) is 0 Å². The molecule has 0 fully saturated rings. The van der Waals surface area contributed by atoms with E-state index < -0.39 is 17.7 Å². The van der Waals surface area contributed by atoms with Crippen LogP contribution >= 0.6 is 0 Å². The van der Waals surface area contributed by atoms with Gasteiger partial charge in [-0.25, -0.2) is 9.78 Å². The molecule has 0 saturated carbocycles. The number of alkyl halides is 3. The van der Waals surface area contributed by atoms with Crippen LogP contribution in [0.2, 0.25) is 0 Å². The average molecular weight is 379 g/mol. The van der Waals surface area contributed by atoms with Gasteiger partial charge in [-0.2, -0.15) is 13.2 Å². The molecule has 0 N–H and O–H groups in total. The van der Waals surface area contributed by atoms with Crippen molar-refractivity contribution in [2.75, 3.05) is 6.61 Å². The van der Waals surface area contributed by atoms with Gasteiger partial charge in [0.25, 0.3) is 5.89 Å². The minimum Gasteiger partial charge on any atom is -0.459 e. The first kappa shape index (κ1) is 18.4. The number of pyridine rings is 1. The van der Waals surface area contributed by atoms with Gasteiger partial charge >= 0.3 is 18.0 Å². The number of rotatable bonds is 5. The third-order valence-electron chi connectivity index (χ3n) is 3.20. The summed E-state index contributed by atoms with van der Waals surface area (Å²) < 4.78 is 53.6. The lowest BCUT2D eigenvalue weighted by Crippen LogP contribution is -2.04. The molecule has 10 heteroatoms. The van der Waals surface area contributed by atoms with E-state index in [-0.39, 0.29) is 35.7 Å². The van der Waals surface area contributed by atoms with Crippen molar-refractivity contribution in [3.05, 3.63) is 53.9 Å². The van der Waals surface area contributed by atoms with Crippen LogP contribution in [-0.4, -0.2) is 27.8 Å². The van der Waals surface area contributed by atoms with Gasteiger partial charge < -0.3 is 13.9 Å². The molecule has 0 aliphatic heterocycles. The molecule has 140 valence electrons. The molecular formula is C17H12F3N3O4. The molecule has 2 aromatic heterocycles. The van der Waals surface area contributed by atoms with Crippen LogP contribution in [0.5, 0.6) is 11.6 Å². The first-order chi connectivity index (χ1) is 12.9. The lowest BCUT2D eigenvalue weighted by Gasteiger charge is -2.09. The lowest BCUT2D eigenvalue weighted by atomic mass is 10.2. The molecular weight excluding hydrogens is 367 g/mol. The molecule has 0 bridgehead atoms. The molecule has 0 spiro atoms. The zero-order valence-electron chi connectivity index (χ0n) is 13.9. The van der Waals surface area contributed by atoms with Crippen LogP contribution in [-0.2, 0) is 10.9 Å². The van der Waals surface area contributed by atoms with Crippen molar-refractivity contribution >= 4 is 5.97 Å². The normalized spacial score (nSPS) is 11.3. The molecule has 0 unspecified atom stereocenters. The van der Waals surface area contributed by atoms with Crippen molar-refractivity contribution in [3.8, 4) is 23.2 Å². The Labute approximate surface area is 150 Å². The van der Waals surface area contributed by atoms with E-state index in [0.29, 0.717) is 0 Å². The molecule has 1 aromatic carbocycles. The fraction of sp³-hybridized carbons (Fsp3) is 0.176. The smallest absolute Gasteiger partial charge is 0.416 e. The number of halogens is 3. The fourth-order valence-corrected chi connectivity index (χ4v) is 2.05. The van der Waals surface area contributed by atoms with Gasteiger partial charge in [-0.05, 0) is 31.2 Å². The molecule has 3 aromatic rings. The van der Waals surface area contributed by atoms with Gasteiger partial charge in [-0.15, -0.1) is 10.2 Å². The first-order valence-corrected chi connectivity index (χ1v) is 7.70. The molecule has 27 heavy (non-hydrogen) atoms. The highest BCUT2D eigenvalue weighted by Crippen LogP contribution is 2.32. The maximum absolute atomic E-state index is 12.8. The zero-order chi connectivity index (χ0) is 19.4. The van der Waals surface area contributed by atoms with Gasteiger partial charge in [0.1, 0.15) is 11.4 Å². The Morgan fingerprint density at radius 2 is 1.93 bits per heavy atom. The first-order valence-electron chi connectivity index (χ1n) is 7.70. The van der Waals surface area contributed by atoms with Crippen molar-refractivity contribution in [3.63, 3.8) is 0 Å². The Hall–Kier alpha value is -3.43. The summed E-state index contributed by atoms with van der Waals surface area (Å²) in [7, 11) is 0. The highest BCUT2D eigenvalue weighted by Gasteiger charge is 2.30. The minimum atomic E-state index is -4.48. The molecule has 3 rings (SSSR count). The van der Waals surface area contributed by atoms with Crippen molar-refractivity contribution in [2.45, 2.75) is 13.1 Å². The number of carbonyl (C=O) groups excluding carboxylic acids is 1. The van der Waals surface area contributed by atoms with E-state index in [1.165, 1.54) is 24.3 Å². The molecule has 2 heterocycles. The second-order valence-corrected chi connectivity index (χ2v) is 5.12. The number of hydrogen-bond acceptors (Lipinski definition) is 7. The Balaban J connectivity index is 1.81. The molecule has 0 amide bonds. The van der Waals surface area contributed by atoms with Crippen molar-refractivity contribution < 1.29 is 31.9 Å². The summed E-state index contributed by atoms with van der Waals surface area (Å²) >= 11 is 0. The summed E-state index contributed by atoms with van der Waals surface area (Å²) in [6.07, 6.45) is -4.48. The van der Waals surface area contributed by atoms with Gasteiger partial charge in [-0.3, -0.25) is 0 Å². The van der Waals surface area contributed by atoms with Crippen LogP contribution in [0.4, 0.5) is 13.2 Å². The lowest BCUT2D eigenvalue weighted by molar-refractivity contribution is -0.137. The van der Waals surface area contributed by atoms with Crippen LogP contribution in [0.1, 0.15) is 23.2 Å². The van der Waals surface area contributed by atoms with E-state index >= 15 is 0 Å². The average Bonchev–Trinajstić information content (AvgIpc) is 3.12. The van der Waals surface area contributed by atoms with Crippen molar-refractivity contribution in [1.82, 2.24) is 15.2 Å². The number of nitrogens with zero attached hydrogens (tertiary/aromatic N) is 3.